The summed E-state index contributed by atoms with van der Waals surface area (Å²) in [5.74, 6) is 0.814. The number of oxazole rings is 1. The van der Waals surface area contributed by atoms with Gasteiger partial charge in [-0.25, -0.2) is 4.98 Å². The lowest BCUT2D eigenvalue weighted by atomic mass is 10.1. The summed E-state index contributed by atoms with van der Waals surface area (Å²) in [6, 6.07) is 8.40. The molecule has 0 saturated heterocycles. The van der Waals surface area contributed by atoms with Crippen LogP contribution in [0.5, 0.6) is 0 Å². The first-order valence-electron chi connectivity index (χ1n) is 5.15. The van der Waals surface area contributed by atoms with Crippen LogP contribution in [0, 0.1) is 6.92 Å². The highest BCUT2D eigenvalue weighted by Crippen LogP contribution is 2.11. The molecular formula is C12H13ClN2O. The smallest absolute Gasteiger partial charge is 0.294 e. The molecule has 16 heavy (non-hydrogen) atoms. The maximum Gasteiger partial charge on any atom is 0.294 e. The zero-order chi connectivity index (χ0) is 11.4. The number of anilines is 1. The van der Waals surface area contributed by atoms with Crippen LogP contribution in [0.3, 0.4) is 0 Å². The van der Waals surface area contributed by atoms with Crippen molar-refractivity contribution >= 4 is 17.6 Å². The number of hydrogen-bond acceptors (Lipinski definition) is 3. The molecule has 2 rings (SSSR count). The quantitative estimate of drug-likeness (QED) is 0.885. The van der Waals surface area contributed by atoms with E-state index in [0.717, 1.165) is 23.7 Å². The highest BCUT2D eigenvalue weighted by Gasteiger charge is 1.99. The molecule has 0 saturated carbocycles. The zero-order valence-electron chi connectivity index (χ0n) is 9.03. The number of benzene rings is 1. The van der Waals surface area contributed by atoms with E-state index < -0.39 is 0 Å². The topological polar surface area (TPSA) is 38.1 Å². The van der Waals surface area contributed by atoms with Crippen LogP contribution in [0.25, 0.3) is 0 Å². The van der Waals surface area contributed by atoms with Gasteiger partial charge in [-0.3, -0.25) is 0 Å². The molecule has 4 heteroatoms. The molecule has 3 nitrogen and oxygen atoms in total. The lowest BCUT2D eigenvalue weighted by molar-refractivity contribution is 0.540. The van der Waals surface area contributed by atoms with Gasteiger partial charge in [0.1, 0.15) is 5.76 Å². The van der Waals surface area contributed by atoms with Gasteiger partial charge in [-0.1, -0.05) is 23.7 Å². The Labute approximate surface area is 99.5 Å². The van der Waals surface area contributed by atoms with E-state index in [-0.39, 0.29) is 0 Å². The SMILES string of the molecule is Cc1cnc(NCCc2ccc(Cl)cc2)o1. The van der Waals surface area contributed by atoms with E-state index in [9.17, 15) is 0 Å². The Hall–Kier alpha value is -1.48. The van der Waals surface area contributed by atoms with Gasteiger partial charge in [0.25, 0.3) is 6.01 Å². The van der Waals surface area contributed by atoms with Crippen molar-refractivity contribution in [2.75, 3.05) is 11.9 Å². The Morgan fingerprint density at radius 1 is 1.31 bits per heavy atom. The Morgan fingerprint density at radius 2 is 2.06 bits per heavy atom. The van der Waals surface area contributed by atoms with Gasteiger partial charge in [-0.15, -0.1) is 0 Å². The van der Waals surface area contributed by atoms with E-state index in [1.165, 1.54) is 5.56 Å². The van der Waals surface area contributed by atoms with Crippen molar-refractivity contribution in [1.29, 1.82) is 0 Å². The second-order valence-corrected chi connectivity index (χ2v) is 4.02. The lowest BCUT2D eigenvalue weighted by Crippen LogP contribution is -2.04. The van der Waals surface area contributed by atoms with E-state index in [2.05, 4.69) is 10.3 Å². The molecule has 0 atom stereocenters. The summed E-state index contributed by atoms with van der Waals surface area (Å²) in [4.78, 5) is 4.06. The van der Waals surface area contributed by atoms with Gasteiger partial charge < -0.3 is 9.73 Å². The summed E-state index contributed by atoms with van der Waals surface area (Å²) in [7, 11) is 0. The molecule has 84 valence electrons. The number of aryl methyl sites for hydroxylation is 1. The lowest BCUT2D eigenvalue weighted by Gasteiger charge is -2.02. The maximum absolute atomic E-state index is 5.80. The first-order chi connectivity index (χ1) is 7.74. The molecule has 2 aromatic rings. The molecule has 0 unspecified atom stereocenters. The Balaban J connectivity index is 1.82. The molecule has 0 radical (unpaired) electrons. The number of halogens is 1. The summed E-state index contributed by atoms with van der Waals surface area (Å²) in [5.41, 5.74) is 1.24. The summed E-state index contributed by atoms with van der Waals surface area (Å²) >= 11 is 5.80. The van der Waals surface area contributed by atoms with Gasteiger partial charge in [0.05, 0.1) is 6.20 Å². The number of nitrogens with zero attached hydrogens (tertiary/aromatic N) is 1. The molecule has 0 spiro atoms. The van der Waals surface area contributed by atoms with Crippen molar-refractivity contribution in [2.24, 2.45) is 0 Å². The zero-order valence-corrected chi connectivity index (χ0v) is 9.79. The Morgan fingerprint density at radius 3 is 2.69 bits per heavy atom. The van der Waals surface area contributed by atoms with E-state index in [0.29, 0.717) is 6.01 Å². The van der Waals surface area contributed by atoms with E-state index in [1.54, 1.807) is 6.20 Å². The normalized spacial score (nSPS) is 10.4. The van der Waals surface area contributed by atoms with Gasteiger partial charge in [-0.2, -0.15) is 0 Å². The van der Waals surface area contributed by atoms with Crippen LogP contribution in [0.2, 0.25) is 5.02 Å². The Bertz CT molecular complexity index is 450. The van der Waals surface area contributed by atoms with Crippen molar-refractivity contribution in [3.8, 4) is 0 Å². The molecule has 1 heterocycles. The fourth-order valence-electron chi connectivity index (χ4n) is 1.40. The van der Waals surface area contributed by atoms with Crippen molar-refractivity contribution in [2.45, 2.75) is 13.3 Å². The average Bonchev–Trinajstić information content (AvgIpc) is 2.67. The molecule has 1 aromatic heterocycles. The molecule has 0 aliphatic carbocycles. The first kappa shape index (κ1) is 11.0. The third-order valence-corrected chi connectivity index (χ3v) is 2.48. The monoisotopic (exact) mass is 236 g/mol. The maximum atomic E-state index is 5.80. The fourth-order valence-corrected chi connectivity index (χ4v) is 1.53. The molecule has 1 aromatic carbocycles. The van der Waals surface area contributed by atoms with Gasteiger partial charge in [-0.05, 0) is 31.0 Å². The largest absolute Gasteiger partial charge is 0.429 e. The fraction of sp³-hybridized carbons (Fsp3) is 0.250. The minimum Gasteiger partial charge on any atom is -0.429 e. The number of hydrogen-bond donors (Lipinski definition) is 1. The molecule has 0 aliphatic rings. The molecular weight excluding hydrogens is 224 g/mol. The highest BCUT2D eigenvalue weighted by molar-refractivity contribution is 6.30. The van der Waals surface area contributed by atoms with Crippen LogP contribution in [-0.4, -0.2) is 11.5 Å². The predicted octanol–water partition coefficient (Wildman–Crippen LogP) is 3.29. The van der Waals surface area contributed by atoms with E-state index in [4.69, 9.17) is 16.0 Å². The second kappa shape index (κ2) is 5.03. The second-order valence-electron chi connectivity index (χ2n) is 3.58. The van der Waals surface area contributed by atoms with Crippen LogP contribution < -0.4 is 5.32 Å². The van der Waals surface area contributed by atoms with Gasteiger partial charge >= 0.3 is 0 Å². The standard InChI is InChI=1S/C12H13ClN2O/c1-9-8-15-12(16-9)14-7-6-10-2-4-11(13)5-3-10/h2-5,8H,6-7H2,1H3,(H,14,15). The van der Waals surface area contributed by atoms with Crippen molar-refractivity contribution in [3.63, 3.8) is 0 Å². The number of nitrogens with one attached hydrogen (secondary N) is 1. The van der Waals surface area contributed by atoms with Crippen LogP contribution in [-0.2, 0) is 6.42 Å². The van der Waals surface area contributed by atoms with E-state index >= 15 is 0 Å². The Kier molecular flexibility index (Phi) is 3.47. The number of rotatable bonds is 4. The predicted molar refractivity (Wildman–Crippen MR) is 64.9 cm³/mol. The highest BCUT2D eigenvalue weighted by atomic mass is 35.5. The summed E-state index contributed by atoms with van der Waals surface area (Å²) < 4.78 is 5.30. The van der Waals surface area contributed by atoms with Crippen molar-refractivity contribution in [3.05, 3.63) is 46.8 Å². The van der Waals surface area contributed by atoms with Crippen LogP contribution in [0.1, 0.15) is 11.3 Å². The molecule has 0 bridgehead atoms. The van der Waals surface area contributed by atoms with Crippen molar-refractivity contribution in [1.82, 2.24) is 4.98 Å². The molecule has 0 fully saturated rings. The molecule has 0 amide bonds. The van der Waals surface area contributed by atoms with E-state index in [1.807, 2.05) is 31.2 Å². The van der Waals surface area contributed by atoms with Gasteiger partial charge in [0.15, 0.2) is 0 Å². The molecule has 1 N–H and O–H groups in total. The van der Waals surface area contributed by atoms with Crippen molar-refractivity contribution < 1.29 is 4.42 Å². The minimum atomic E-state index is 0.575. The van der Waals surface area contributed by atoms with Crippen LogP contribution in [0.15, 0.2) is 34.9 Å². The summed E-state index contributed by atoms with van der Waals surface area (Å²) in [6.07, 6.45) is 2.61. The van der Waals surface area contributed by atoms with Gasteiger partial charge in [0, 0.05) is 11.6 Å². The summed E-state index contributed by atoms with van der Waals surface area (Å²) in [6.45, 7) is 2.67. The van der Waals surface area contributed by atoms with Crippen LogP contribution in [0.4, 0.5) is 6.01 Å². The summed E-state index contributed by atoms with van der Waals surface area (Å²) in [5, 5.41) is 3.88. The van der Waals surface area contributed by atoms with Crippen LogP contribution >= 0.6 is 11.6 Å². The average molecular weight is 237 g/mol. The third-order valence-electron chi connectivity index (χ3n) is 2.22. The van der Waals surface area contributed by atoms with Gasteiger partial charge in [0.2, 0.25) is 0 Å². The minimum absolute atomic E-state index is 0.575. The number of aromatic nitrogens is 1. The molecule has 0 aliphatic heterocycles. The third kappa shape index (κ3) is 3.00. The first-order valence-corrected chi connectivity index (χ1v) is 5.52.